The van der Waals surface area contributed by atoms with Gasteiger partial charge in [0.15, 0.2) is 0 Å². The summed E-state index contributed by atoms with van der Waals surface area (Å²) in [5.41, 5.74) is -0.432. The monoisotopic (exact) mass is 583 g/mol. The Morgan fingerprint density at radius 1 is 1.19 bits per heavy atom. The fraction of sp³-hybridized carbons (Fsp3) is 0.667. The van der Waals surface area contributed by atoms with Crippen molar-refractivity contribution in [3.05, 3.63) is 36.9 Å². The van der Waals surface area contributed by atoms with Crippen LogP contribution in [-0.4, -0.2) is 83.9 Å². The summed E-state index contributed by atoms with van der Waals surface area (Å²) in [7, 11) is 0. The van der Waals surface area contributed by atoms with Crippen LogP contribution in [0, 0.1) is 23.7 Å². The minimum absolute atomic E-state index is 0.0862. The number of nitrogens with zero attached hydrogens (tertiary/aromatic N) is 3. The lowest BCUT2D eigenvalue weighted by molar-refractivity contribution is -0.162. The number of benzene rings is 1. The third-order valence-electron chi connectivity index (χ3n) is 10.2. The molecule has 9 heteroatoms. The molecule has 42 heavy (non-hydrogen) atoms. The molecule has 1 spiro atoms. The number of hydrogen-bond donors (Lipinski definition) is 1. The second-order valence-electron chi connectivity index (χ2n) is 12.3. The third-order valence-corrected chi connectivity index (χ3v) is 10.2. The number of rotatable bonds is 13. The Labute approximate surface area is 250 Å². The molecule has 232 valence electrons. The van der Waals surface area contributed by atoms with Gasteiger partial charge in [0, 0.05) is 31.0 Å². The van der Waals surface area contributed by atoms with Crippen molar-refractivity contribution in [2.45, 2.75) is 84.6 Å². The van der Waals surface area contributed by atoms with Gasteiger partial charge in [-0.3, -0.25) is 14.4 Å². The number of carbonyl (C=O) groups is 3. The lowest BCUT2D eigenvalue weighted by Crippen LogP contribution is -2.60. The van der Waals surface area contributed by atoms with E-state index in [1.54, 1.807) is 22.8 Å². The minimum Gasteiger partial charge on any atom is -0.466 e. The first-order valence-electron chi connectivity index (χ1n) is 15.6. The number of anilines is 2. The van der Waals surface area contributed by atoms with Crippen molar-refractivity contribution in [2.24, 2.45) is 23.7 Å². The van der Waals surface area contributed by atoms with Crippen molar-refractivity contribution < 1.29 is 29.0 Å². The Bertz CT molecular complexity index is 1170. The first kappa shape index (κ1) is 32.0. The fourth-order valence-corrected chi connectivity index (χ4v) is 7.75. The number of carbonyl (C=O) groups excluding carboxylic acids is 3. The van der Waals surface area contributed by atoms with Crippen molar-refractivity contribution in [1.82, 2.24) is 4.90 Å². The zero-order valence-corrected chi connectivity index (χ0v) is 26.3. The summed E-state index contributed by atoms with van der Waals surface area (Å²) in [4.78, 5) is 48.3. The third kappa shape index (κ3) is 4.82. The van der Waals surface area contributed by atoms with Crippen molar-refractivity contribution in [1.29, 1.82) is 0 Å². The van der Waals surface area contributed by atoms with Crippen LogP contribution < -0.4 is 9.80 Å². The van der Waals surface area contributed by atoms with Gasteiger partial charge in [-0.15, -0.1) is 6.58 Å². The second-order valence-corrected chi connectivity index (χ2v) is 12.3. The summed E-state index contributed by atoms with van der Waals surface area (Å²) in [5, 5.41) is 10.6. The zero-order chi connectivity index (χ0) is 31.0. The summed E-state index contributed by atoms with van der Waals surface area (Å²) in [5.74, 6) is -2.99. The van der Waals surface area contributed by atoms with E-state index >= 15 is 0 Å². The van der Waals surface area contributed by atoms with Gasteiger partial charge in [-0.2, -0.15) is 0 Å². The van der Waals surface area contributed by atoms with Gasteiger partial charge in [-0.1, -0.05) is 33.3 Å². The van der Waals surface area contributed by atoms with Crippen LogP contribution in [-0.2, 0) is 23.9 Å². The molecule has 9 nitrogen and oxygen atoms in total. The summed E-state index contributed by atoms with van der Waals surface area (Å²) in [6, 6.07) is 6.20. The molecule has 3 heterocycles. The summed E-state index contributed by atoms with van der Waals surface area (Å²) in [6.45, 7) is 19.5. The SMILES string of the molecule is C=CCN(C(=O)C1N([C@@H](CO)[C@@H](C)CC)C(=O)[C@@H]2[C@@H](C(=O)OCC)[C@]3(C)OC12CC3C)c1ccc(N(CC)CC)cc1. The average molecular weight is 584 g/mol. The number of aliphatic hydroxyl groups excluding tert-OH is 1. The largest absolute Gasteiger partial charge is 0.466 e. The number of amides is 2. The molecule has 1 N–H and O–H groups in total. The maximum absolute atomic E-state index is 14.9. The molecule has 4 rings (SSSR count). The highest BCUT2D eigenvalue weighted by atomic mass is 16.6. The van der Waals surface area contributed by atoms with Crippen molar-refractivity contribution in [3.63, 3.8) is 0 Å². The highest BCUT2D eigenvalue weighted by Crippen LogP contribution is 2.66. The van der Waals surface area contributed by atoms with Crippen LogP contribution in [0.3, 0.4) is 0 Å². The van der Waals surface area contributed by atoms with Gasteiger partial charge in [0.1, 0.15) is 17.6 Å². The molecule has 3 aliphatic heterocycles. The number of hydrogen-bond acceptors (Lipinski definition) is 7. The number of aliphatic hydroxyl groups is 1. The first-order chi connectivity index (χ1) is 20.0. The lowest BCUT2D eigenvalue weighted by atomic mass is 9.62. The molecule has 0 saturated carbocycles. The van der Waals surface area contributed by atoms with E-state index in [-0.39, 0.29) is 43.4 Å². The molecular weight excluding hydrogens is 534 g/mol. The topological polar surface area (TPSA) is 99.6 Å². The quantitative estimate of drug-likeness (QED) is 0.277. The maximum atomic E-state index is 14.9. The van der Waals surface area contributed by atoms with E-state index in [9.17, 15) is 19.5 Å². The van der Waals surface area contributed by atoms with E-state index < -0.39 is 41.1 Å². The number of ether oxygens (including phenoxy) is 2. The van der Waals surface area contributed by atoms with Crippen molar-refractivity contribution >= 4 is 29.2 Å². The van der Waals surface area contributed by atoms with Crippen molar-refractivity contribution in [3.8, 4) is 0 Å². The summed E-state index contributed by atoms with van der Waals surface area (Å²) >= 11 is 0. The van der Waals surface area contributed by atoms with Crippen molar-refractivity contribution in [2.75, 3.05) is 42.6 Å². The molecule has 2 amide bonds. The highest BCUT2D eigenvalue weighted by molar-refractivity contribution is 6.05. The molecule has 3 fully saturated rings. The van der Waals surface area contributed by atoms with E-state index in [0.29, 0.717) is 18.5 Å². The predicted molar refractivity (Wildman–Crippen MR) is 163 cm³/mol. The van der Waals surface area contributed by atoms with Gasteiger partial charge >= 0.3 is 5.97 Å². The van der Waals surface area contributed by atoms with Gasteiger partial charge < -0.3 is 29.3 Å². The Kier molecular flexibility index (Phi) is 9.43. The van der Waals surface area contributed by atoms with Gasteiger partial charge in [0.25, 0.3) is 5.91 Å². The summed E-state index contributed by atoms with van der Waals surface area (Å²) < 4.78 is 12.3. The zero-order valence-electron chi connectivity index (χ0n) is 26.3. The van der Waals surface area contributed by atoms with Gasteiger partial charge in [-0.05, 0) is 70.2 Å². The minimum atomic E-state index is -1.22. The molecule has 1 aromatic carbocycles. The maximum Gasteiger partial charge on any atom is 0.312 e. The fourth-order valence-electron chi connectivity index (χ4n) is 7.75. The van der Waals surface area contributed by atoms with Crippen LogP contribution in [0.4, 0.5) is 11.4 Å². The first-order valence-corrected chi connectivity index (χ1v) is 15.6. The van der Waals surface area contributed by atoms with Gasteiger partial charge in [-0.25, -0.2) is 0 Å². The number of fused-ring (bicyclic) bond motifs is 1. The van der Waals surface area contributed by atoms with Gasteiger partial charge in [0.2, 0.25) is 5.91 Å². The van der Waals surface area contributed by atoms with E-state index in [4.69, 9.17) is 9.47 Å². The van der Waals surface area contributed by atoms with E-state index in [0.717, 1.165) is 18.8 Å². The smallest absolute Gasteiger partial charge is 0.312 e. The predicted octanol–water partition coefficient (Wildman–Crippen LogP) is 4.03. The summed E-state index contributed by atoms with van der Waals surface area (Å²) in [6.07, 6.45) is 2.82. The molecule has 3 unspecified atom stereocenters. The standard InChI is InChI=1S/C33H49N3O6/c1-9-18-35(24-16-14-23(15-17-24)34(11-3)12-4)30(39)28-33-19-22(7)32(8,42-33)27(31(40)41-13-5)26(33)29(38)36(28)25(20-37)21(6)10-2/h9,14-17,21-22,25-28,37H,1,10-13,18-20H2,2-8H3/t21-,22?,25-,26-,27-,28?,32+,33?/m0/s1. The van der Waals surface area contributed by atoms with Crippen LogP contribution in [0.2, 0.25) is 0 Å². The van der Waals surface area contributed by atoms with E-state index in [1.807, 2.05) is 52.0 Å². The lowest BCUT2D eigenvalue weighted by Gasteiger charge is -2.41. The molecule has 0 aromatic heterocycles. The normalized spacial score (nSPS) is 31.0. The Balaban J connectivity index is 1.85. The molecule has 1 aromatic rings. The van der Waals surface area contributed by atoms with Crippen LogP contribution in [0.5, 0.6) is 0 Å². The molecular formula is C33H49N3O6. The Morgan fingerprint density at radius 3 is 2.33 bits per heavy atom. The number of likely N-dealkylation sites (tertiary alicyclic amines) is 1. The van der Waals surface area contributed by atoms with Gasteiger partial charge in [0.05, 0.1) is 30.8 Å². The van der Waals surface area contributed by atoms with E-state index in [2.05, 4.69) is 25.3 Å². The molecule has 0 radical (unpaired) electrons. The molecule has 3 aliphatic rings. The van der Waals surface area contributed by atoms with Crippen LogP contribution in [0.15, 0.2) is 36.9 Å². The highest BCUT2D eigenvalue weighted by Gasteiger charge is 2.81. The second kappa shape index (κ2) is 12.4. The van der Waals surface area contributed by atoms with Crippen LogP contribution in [0.1, 0.15) is 61.3 Å². The van der Waals surface area contributed by atoms with Crippen LogP contribution >= 0.6 is 0 Å². The molecule has 8 atom stereocenters. The number of esters is 1. The molecule has 3 saturated heterocycles. The molecule has 0 aliphatic carbocycles. The Morgan fingerprint density at radius 2 is 1.81 bits per heavy atom. The average Bonchev–Trinajstić information content (AvgIpc) is 3.49. The molecule has 2 bridgehead atoms. The Hall–Kier alpha value is -2.91. The van der Waals surface area contributed by atoms with E-state index in [1.165, 1.54) is 0 Å². The van der Waals surface area contributed by atoms with Crippen LogP contribution in [0.25, 0.3) is 0 Å².